The van der Waals surface area contributed by atoms with Gasteiger partial charge in [-0.1, -0.05) is 0 Å². The maximum absolute atomic E-state index is 10.3. The second-order valence-electron chi connectivity index (χ2n) is 2.48. The highest BCUT2D eigenvalue weighted by Crippen LogP contribution is 2.14. The van der Waals surface area contributed by atoms with E-state index in [0.717, 1.165) is 25.7 Å². The van der Waals surface area contributed by atoms with Crippen LogP contribution in [0.5, 0.6) is 0 Å². The molecule has 0 saturated carbocycles. The third kappa shape index (κ3) is 0.602. The van der Waals surface area contributed by atoms with Crippen molar-refractivity contribution in [3.63, 3.8) is 0 Å². The highest BCUT2D eigenvalue weighted by Gasteiger charge is 2.13. The van der Waals surface area contributed by atoms with Gasteiger partial charge in [0, 0.05) is 18.4 Å². The van der Waals surface area contributed by atoms with Crippen LogP contribution in [0.2, 0.25) is 0 Å². The summed E-state index contributed by atoms with van der Waals surface area (Å²) >= 11 is 0. The Morgan fingerprint density at radius 3 is 3.40 bits per heavy atom. The van der Waals surface area contributed by atoms with E-state index in [1.54, 1.807) is 6.20 Å². The molecule has 0 radical (unpaired) electrons. The van der Waals surface area contributed by atoms with Crippen LogP contribution in [0, 0.1) is 0 Å². The van der Waals surface area contributed by atoms with Gasteiger partial charge >= 0.3 is 0 Å². The van der Waals surface area contributed by atoms with Gasteiger partial charge in [0.05, 0.1) is 0 Å². The van der Waals surface area contributed by atoms with Gasteiger partial charge in [0.1, 0.15) is 0 Å². The van der Waals surface area contributed by atoms with Gasteiger partial charge in [-0.05, 0) is 12.8 Å². The Balaban J connectivity index is 2.53. The molecule has 1 aromatic rings. The summed E-state index contributed by atoms with van der Waals surface area (Å²) in [4.78, 5) is 14.3. The number of aryl methyl sites for hydroxylation is 1. The normalized spacial score (nSPS) is 15.2. The molecular weight excluding hydrogens is 128 g/mol. The number of imidazole rings is 1. The van der Waals surface area contributed by atoms with Crippen molar-refractivity contribution in [2.45, 2.75) is 19.4 Å². The van der Waals surface area contributed by atoms with Crippen LogP contribution in [0.4, 0.5) is 0 Å². The number of nitrogens with zero attached hydrogens (tertiary/aromatic N) is 2. The van der Waals surface area contributed by atoms with Crippen LogP contribution < -0.4 is 0 Å². The molecule has 3 heteroatoms. The van der Waals surface area contributed by atoms with Crippen LogP contribution in [-0.4, -0.2) is 15.8 Å². The van der Waals surface area contributed by atoms with Gasteiger partial charge < -0.3 is 4.57 Å². The second-order valence-corrected chi connectivity index (χ2v) is 2.48. The summed E-state index contributed by atoms with van der Waals surface area (Å²) < 4.78 is 1.98. The molecule has 0 N–H and O–H groups in total. The van der Waals surface area contributed by atoms with Crippen LogP contribution in [0.25, 0.3) is 0 Å². The average molecular weight is 136 g/mol. The van der Waals surface area contributed by atoms with E-state index in [2.05, 4.69) is 4.98 Å². The number of carbonyl (C=O) groups is 1. The van der Waals surface area contributed by atoms with E-state index >= 15 is 0 Å². The smallest absolute Gasteiger partial charge is 0.185 e. The molecule has 1 aromatic heterocycles. The van der Waals surface area contributed by atoms with Crippen molar-refractivity contribution in [1.29, 1.82) is 0 Å². The lowest BCUT2D eigenvalue weighted by Crippen LogP contribution is -1.98. The maximum Gasteiger partial charge on any atom is 0.185 e. The zero-order valence-electron chi connectivity index (χ0n) is 5.58. The Labute approximate surface area is 58.7 Å². The summed E-state index contributed by atoms with van der Waals surface area (Å²) in [7, 11) is 0. The largest absolute Gasteiger partial charge is 0.326 e. The summed E-state index contributed by atoms with van der Waals surface area (Å²) in [6.07, 6.45) is 4.82. The lowest BCUT2D eigenvalue weighted by Gasteiger charge is -1.94. The molecule has 0 aliphatic carbocycles. The highest BCUT2D eigenvalue weighted by atomic mass is 16.1. The first-order valence-corrected chi connectivity index (χ1v) is 3.41. The van der Waals surface area contributed by atoms with Crippen molar-refractivity contribution in [3.05, 3.63) is 17.7 Å². The monoisotopic (exact) mass is 136 g/mol. The third-order valence-electron chi connectivity index (χ3n) is 1.89. The molecule has 1 aliphatic rings. The van der Waals surface area contributed by atoms with Gasteiger partial charge in [-0.15, -0.1) is 0 Å². The van der Waals surface area contributed by atoms with Gasteiger partial charge in [0.25, 0.3) is 0 Å². The molecule has 0 saturated heterocycles. The Hall–Kier alpha value is -1.12. The maximum atomic E-state index is 10.3. The lowest BCUT2D eigenvalue weighted by atomic mass is 10.3. The predicted octanol–water partition coefficient (Wildman–Crippen LogP) is 0.642. The van der Waals surface area contributed by atoms with Gasteiger partial charge in [-0.3, -0.25) is 4.79 Å². The van der Waals surface area contributed by atoms with Gasteiger partial charge in [0.2, 0.25) is 0 Å². The molecule has 52 valence electrons. The van der Waals surface area contributed by atoms with Crippen molar-refractivity contribution in [2.24, 2.45) is 0 Å². The summed E-state index contributed by atoms with van der Waals surface area (Å²) in [6.45, 7) is 0.962. The molecule has 10 heavy (non-hydrogen) atoms. The summed E-state index contributed by atoms with van der Waals surface area (Å²) in [5, 5.41) is 0. The average Bonchev–Trinajstić information content (AvgIpc) is 2.44. The molecule has 3 nitrogen and oxygen atoms in total. The van der Waals surface area contributed by atoms with E-state index in [9.17, 15) is 4.79 Å². The molecule has 0 unspecified atom stereocenters. The molecule has 0 amide bonds. The fourth-order valence-electron chi connectivity index (χ4n) is 1.40. The molecule has 0 atom stereocenters. The third-order valence-corrected chi connectivity index (χ3v) is 1.89. The van der Waals surface area contributed by atoms with Gasteiger partial charge in [-0.25, -0.2) is 4.98 Å². The van der Waals surface area contributed by atoms with Crippen LogP contribution in [0.1, 0.15) is 22.7 Å². The van der Waals surface area contributed by atoms with Crippen molar-refractivity contribution in [2.75, 3.05) is 0 Å². The van der Waals surface area contributed by atoms with Gasteiger partial charge in [0.15, 0.2) is 12.1 Å². The van der Waals surface area contributed by atoms with E-state index in [0.29, 0.717) is 5.82 Å². The first-order valence-electron chi connectivity index (χ1n) is 3.41. The van der Waals surface area contributed by atoms with E-state index in [-0.39, 0.29) is 0 Å². The minimum atomic E-state index is 0.576. The SMILES string of the molecule is O=Cc1ncc2n1CCC2. The molecule has 2 heterocycles. The number of aldehydes is 1. The zero-order chi connectivity index (χ0) is 6.97. The molecular formula is C7H8N2O. The molecule has 2 rings (SSSR count). The van der Waals surface area contributed by atoms with E-state index in [1.165, 1.54) is 5.69 Å². The molecule has 0 fully saturated rings. The van der Waals surface area contributed by atoms with Crippen LogP contribution >= 0.6 is 0 Å². The number of aromatic nitrogens is 2. The molecule has 0 bridgehead atoms. The van der Waals surface area contributed by atoms with Crippen LogP contribution in [-0.2, 0) is 13.0 Å². The fraction of sp³-hybridized carbons (Fsp3) is 0.429. The van der Waals surface area contributed by atoms with Crippen molar-refractivity contribution in [3.8, 4) is 0 Å². The van der Waals surface area contributed by atoms with Crippen molar-refractivity contribution in [1.82, 2.24) is 9.55 Å². The Kier molecular flexibility index (Phi) is 1.09. The van der Waals surface area contributed by atoms with Crippen molar-refractivity contribution >= 4 is 6.29 Å². The fourth-order valence-corrected chi connectivity index (χ4v) is 1.40. The van der Waals surface area contributed by atoms with E-state index < -0.39 is 0 Å². The number of rotatable bonds is 1. The van der Waals surface area contributed by atoms with E-state index in [4.69, 9.17) is 0 Å². The molecule has 0 aromatic carbocycles. The molecule has 1 aliphatic heterocycles. The standard InChI is InChI=1S/C7H8N2O/c10-5-7-8-4-6-2-1-3-9(6)7/h4-5H,1-3H2. The van der Waals surface area contributed by atoms with Crippen LogP contribution in [0.15, 0.2) is 6.20 Å². The van der Waals surface area contributed by atoms with E-state index in [1.807, 2.05) is 4.57 Å². The number of carbonyl (C=O) groups excluding carboxylic acids is 1. The zero-order valence-corrected chi connectivity index (χ0v) is 5.58. The number of fused-ring (bicyclic) bond motifs is 1. The first-order chi connectivity index (χ1) is 4.92. The summed E-state index contributed by atoms with van der Waals surface area (Å²) in [5.41, 5.74) is 1.20. The second kappa shape index (κ2) is 1.94. The Bertz CT molecular complexity index is 265. The first kappa shape index (κ1) is 5.65. The Morgan fingerprint density at radius 1 is 1.70 bits per heavy atom. The Morgan fingerprint density at radius 2 is 2.60 bits per heavy atom. The predicted molar refractivity (Wildman–Crippen MR) is 35.9 cm³/mol. The minimum absolute atomic E-state index is 0.576. The quantitative estimate of drug-likeness (QED) is 0.531. The van der Waals surface area contributed by atoms with Gasteiger partial charge in [-0.2, -0.15) is 0 Å². The minimum Gasteiger partial charge on any atom is -0.326 e. The summed E-state index contributed by atoms with van der Waals surface area (Å²) in [5.74, 6) is 0.576. The van der Waals surface area contributed by atoms with Crippen molar-refractivity contribution < 1.29 is 4.79 Å². The highest BCUT2D eigenvalue weighted by molar-refractivity contribution is 5.69. The number of hydrogen-bond acceptors (Lipinski definition) is 2. The molecule has 0 spiro atoms. The lowest BCUT2D eigenvalue weighted by molar-refractivity contribution is 0.111. The summed E-state index contributed by atoms with van der Waals surface area (Å²) in [6, 6.07) is 0. The topological polar surface area (TPSA) is 34.9 Å². The van der Waals surface area contributed by atoms with Crippen LogP contribution in [0.3, 0.4) is 0 Å². The number of hydrogen-bond donors (Lipinski definition) is 0.